The Labute approximate surface area is 140 Å². The standard InChI is InChI=1S/C17H21N5O2/c18-16(23)13-4-1-3-12(9-13)10-20-17(24)15-6-8-22(21-15)14-5-2-7-19-11-14/h1,3-4,6,8-9,14,19H,2,5,7,10-11H2,(H2,18,23)(H,20,24). The normalized spacial score (nSPS) is 17.4. The van der Waals surface area contributed by atoms with Crippen molar-refractivity contribution in [1.82, 2.24) is 20.4 Å². The summed E-state index contributed by atoms with van der Waals surface area (Å²) in [4.78, 5) is 23.4. The molecule has 0 radical (unpaired) electrons. The van der Waals surface area contributed by atoms with Crippen molar-refractivity contribution in [3.8, 4) is 0 Å². The maximum absolute atomic E-state index is 12.2. The number of primary amides is 1. The first-order valence-electron chi connectivity index (χ1n) is 8.06. The molecule has 2 heterocycles. The molecule has 1 saturated heterocycles. The fourth-order valence-corrected chi connectivity index (χ4v) is 2.83. The third kappa shape index (κ3) is 3.80. The number of nitrogens with two attached hydrogens (primary N) is 1. The Balaban J connectivity index is 1.60. The van der Waals surface area contributed by atoms with Crippen LogP contribution in [-0.2, 0) is 6.54 Å². The molecule has 3 rings (SSSR count). The third-order valence-electron chi connectivity index (χ3n) is 4.15. The van der Waals surface area contributed by atoms with Crippen molar-refractivity contribution in [3.63, 3.8) is 0 Å². The highest BCUT2D eigenvalue weighted by Crippen LogP contribution is 2.15. The van der Waals surface area contributed by atoms with Gasteiger partial charge in [0.05, 0.1) is 6.04 Å². The fraction of sp³-hybridized carbons (Fsp3) is 0.353. The first-order valence-corrected chi connectivity index (χ1v) is 8.06. The average molecular weight is 327 g/mol. The molecule has 7 nitrogen and oxygen atoms in total. The Hall–Kier alpha value is -2.67. The lowest BCUT2D eigenvalue weighted by Gasteiger charge is -2.22. The second kappa shape index (κ2) is 7.27. The van der Waals surface area contributed by atoms with Gasteiger partial charge in [0.2, 0.25) is 5.91 Å². The lowest BCUT2D eigenvalue weighted by molar-refractivity contribution is 0.0944. The number of hydrogen-bond donors (Lipinski definition) is 3. The summed E-state index contributed by atoms with van der Waals surface area (Å²) < 4.78 is 1.86. The number of carbonyl (C=O) groups is 2. The molecule has 7 heteroatoms. The lowest BCUT2D eigenvalue weighted by atomic mass is 10.1. The summed E-state index contributed by atoms with van der Waals surface area (Å²) in [5.41, 5.74) is 6.90. The van der Waals surface area contributed by atoms with E-state index < -0.39 is 5.91 Å². The molecule has 0 spiro atoms. The Morgan fingerprint density at radius 3 is 3.00 bits per heavy atom. The van der Waals surface area contributed by atoms with E-state index >= 15 is 0 Å². The zero-order chi connectivity index (χ0) is 16.9. The molecule has 24 heavy (non-hydrogen) atoms. The van der Waals surface area contributed by atoms with E-state index in [2.05, 4.69) is 15.7 Å². The second-order valence-corrected chi connectivity index (χ2v) is 5.93. The minimum atomic E-state index is -0.483. The van der Waals surface area contributed by atoms with E-state index in [0.717, 1.165) is 31.5 Å². The van der Waals surface area contributed by atoms with Gasteiger partial charge in [0.25, 0.3) is 5.91 Å². The number of carbonyl (C=O) groups excluding carboxylic acids is 2. The highest BCUT2D eigenvalue weighted by atomic mass is 16.2. The summed E-state index contributed by atoms with van der Waals surface area (Å²) >= 11 is 0. The SMILES string of the molecule is NC(=O)c1cccc(CNC(=O)c2ccn(C3CCCNC3)n2)c1. The molecule has 0 aliphatic carbocycles. The van der Waals surface area contributed by atoms with Crippen LogP contribution in [0.2, 0.25) is 0 Å². The maximum atomic E-state index is 12.2. The third-order valence-corrected chi connectivity index (χ3v) is 4.15. The molecule has 0 saturated carbocycles. The van der Waals surface area contributed by atoms with E-state index in [1.165, 1.54) is 0 Å². The zero-order valence-electron chi connectivity index (χ0n) is 13.4. The average Bonchev–Trinajstić information content (AvgIpc) is 3.11. The molecular formula is C17H21N5O2. The molecule has 0 bridgehead atoms. The van der Waals surface area contributed by atoms with Crippen LogP contribution in [0.3, 0.4) is 0 Å². The van der Waals surface area contributed by atoms with Crippen molar-refractivity contribution in [1.29, 1.82) is 0 Å². The molecule has 126 valence electrons. The lowest BCUT2D eigenvalue weighted by Crippen LogP contribution is -2.32. The zero-order valence-corrected chi connectivity index (χ0v) is 13.4. The van der Waals surface area contributed by atoms with Crippen LogP contribution in [0.25, 0.3) is 0 Å². The molecule has 1 fully saturated rings. The second-order valence-electron chi connectivity index (χ2n) is 5.93. The molecular weight excluding hydrogens is 306 g/mol. The molecule has 1 atom stereocenters. The Bertz CT molecular complexity index is 734. The van der Waals surface area contributed by atoms with Crippen LogP contribution < -0.4 is 16.4 Å². The first-order chi connectivity index (χ1) is 11.6. The summed E-state index contributed by atoms with van der Waals surface area (Å²) in [5.74, 6) is -0.718. The number of benzene rings is 1. The highest BCUT2D eigenvalue weighted by Gasteiger charge is 2.17. The predicted octanol–water partition coefficient (Wildman–Crippen LogP) is 0.836. The van der Waals surface area contributed by atoms with Gasteiger partial charge in [-0.1, -0.05) is 12.1 Å². The van der Waals surface area contributed by atoms with E-state index in [0.29, 0.717) is 23.8 Å². The molecule has 2 amide bonds. The van der Waals surface area contributed by atoms with Gasteiger partial charge in [0, 0.05) is 24.8 Å². The van der Waals surface area contributed by atoms with Crippen molar-refractivity contribution in [2.45, 2.75) is 25.4 Å². The molecule has 4 N–H and O–H groups in total. The number of hydrogen-bond acceptors (Lipinski definition) is 4. The quantitative estimate of drug-likeness (QED) is 0.757. The van der Waals surface area contributed by atoms with Crippen molar-refractivity contribution in [2.75, 3.05) is 13.1 Å². The van der Waals surface area contributed by atoms with Crippen LogP contribution in [-0.4, -0.2) is 34.7 Å². The van der Waals surface area contributed by atoms with E-state index in [1.807, 2.05) is 16.9 Å². The Kier molecular flexibility index (Phi) is 4.90. The van der Waals surface area contributed by atoms with Crippen LogP contribution in [0.15, 0.2) is 36.5 Å². The smallest absolute Gasteiger partial charge is 0.272 e. The van der Waals surface area contributed by atoms with Gasteiger partial charge >= 0.3 is 0 Å². The number of piperidine rings is 1. The van der Waals surface area contributed by atoms with Crippen LogP contribution in [0.5, 0.6) is 0 Å². The van der Waals surface area contributed by atoms with Gasteiger partial charge in [-0.25, -0.2) is 0 Å². The number of nitrogens with zero attached hydrogens (tertiary/aromatic N) is 2. The fourth-order valence-electron chi connectivity index (χ4n) is 2.83. The van der Waals surface area contributed by atoms with Crippen LogP contribution in [0.4, 0.5) is 0 Å². The summed E-state index contributed by atoms with van der Waals surface area (Å²) in [6.45, 7) is 2.23. The van der Waals surface area contributed by atoms with Gasteiger partial charge in [0.1, 0.15) is 5.69 Å². The van der Waals surface area contributed by atoms with Crippen molar-refractivity contribution in [2.24, 2.45) is 5.73 Å². The summed E-state index contributed by atoms with van der Waals surface area (Å²) in [6.07, 6.45) is 4.03. The van der Waals surface area contributed by atoms with Crippen LogP contribution in [0, 0.1) is 0 Å². The van der Waals surface area contributed by atoms with Gasteiger partial charge in [-0.05, 0) is 43.1 Å². The molecule has 1 unspecified atom stereocenters. The molecule has 1 aliphatic rings. The van der Waals surface area contributed by atoms with Gasteiger partial charge in [-0.2, -0.15) is 5.10 Å². The molecule has 1 aromatic heterocycles. The molecule has 1 aromatic carbocycles. The van der Waals surface area contributed by atoms with Gasteiger partial charge < -0.3 is 16.4 Å². The van der Waals surface area contributed by atoms with E-state index in [1.54, 1.807) is 24.3 Å². The van der Waals surface area contributed by atoms with E-state index in [4.69, 9.17) is 5.73 Å². The summed E-state index contributed by atoms with van der Waals surface area (Å²) in [7, 11) is 0. The Morgan fingerprint density at radius 1 is 1.38 bits per heavy atom. The number of nitrogens with one attached hydrogen (secondary N) is 2. The topological polar surface area (TPSA) is 102 Å². The van der Waals surface area contributed by atoms with E-state index in [-0.39, 0.29) is 5.91 Å². The number of aromatic nitrogens is 2. The van der Waals surface area contributed by atoms with Gasteiger partial charge in [-0.3, -0.25) is 14.3 Å². The highest BCUT2D eigenvalue weighted by molar-refractivity contribution is 5.93. The van der Waals surface area contributed by atoms with Crippen LogP contribution in [0.1, 0.15) is 45.3 Å². The van der Waals surface area contributed by atoms with Crippen LogP contribution >= 0.6 is 0 Å². The Morgan fingerprint density at radius 2 is 2.25 bits per heavy atom. The van der Waals surface area contributed by atoms with Gasteiger partial charge in [-0.15, -0.1) is 0 Å². The summed E-state index contributed by atoms with van der Waals surface area (Å²) in [6, 6.07) is 8.92. The minimum absolute atomic E-state index is 0.234. The number of amides is 2. The summed E-state index contributed by atoms with van der Waals surface area (Å²) in [5, 5.41) is 10.5. The molecule has 1 aliphatic heterocycles. The van der Waals surface area contributed by atoms with E-state index in [9.17, 15) is 9.59 Å². The number of rotatable bonds is 5. The molecule has 2 aromatic rings. The monoisotopic (exact) mass is 327 g/mol. The van der Waals surface area contributed by atoms with Crippen molar-refractivity contribution < 1.29 is 9.59 Å². The predicted molar refractivity (Wildman–Crippen MR) is 89.5 cm³/mol. The first kappa shape index (κ1) is 16.2. The largest absolute Gasteiger partial charge is 0.366 e. The van der Waals surface area contributed by atoms with Crippen molar-refractivity contribution in [3.05, 3.63) is 53.3 Å². The van der Waals surface area contributed by atoms with Crippen molar-refractivity contribution >= 4 is 11.8 Å². The maximum Gasteiger partial charge on any atom is 0.272 e. The van der Waals surface area contributed by atoms with Gasteiger partial charge in [0.15, 0.2) is 0 Å². The minimum Gasteiger partial charge on any atom is -0.366 e.